The highest BCUT2D eigenvalue weighted by Gasteiger charge is 2.52. The number of nitrogens with zero attached hydrogens (tertiary/aromatic N) is 3. The van der Waals surface area contributed by atoms with E-state index in [0.29, 0.717) is 48.0 Å². The van der Waals surface area contributed by atoms with Crippen molar-refractivity contribution in [2.45, 2.75) is 57.5 Å². The van der Waals surface area contributed by atoms with Crippen LogP contribution >= 0.6 is 23.2 Å². The minimum Gasteiger partial charge on any atom is -0.493 e. The van der Waals surface area contributed by atoms with Crippen LogP contribution in [0.3, 0.4) is 0 Å². The predicted molar refractivity (Wildman–Crippen MR) is 162 cm³/mol. The first-order chi connectivity index (χ1) is 19.5. The second kappa shape index (κ2) is 11.9. The zero-order chi connectivity index (χ0) is 29.4. The van der Waals surface area contributed by atoms with Gasteiger partial charge in [0, 0.05) is 53.3 Å². The molecule has 0 spiro atoms. The van der Waals surface area contributed by atoms with Crippen molar-refractivity contribution in [3.05, 3.63) is 93.6 Å². The van der Waals surface area contributed by atoms with Crippen LogP contribution in [0.15, 0.2) is 66.7 Å². The molecule has 2 fully saturated rings. The Morgan fingerprint density at radius 2 is 1.78 bits per heavy atom. The molecule has 41 heavy (non-hydrogen) atoms. The van der Waals surface area contributed by atoms with Crippen molar-refractivity contribution in [1.29, 1.82) is 0 Å². The molecule has 2 aromatic carbocycles. The fourth-order valence-electron chi connectivity index (χ4n) is 6.46. The third-order valence-electron chi connectivity index (χ3n) is 8.44. The molecule has 2 aliphatic rings. The van der Waals surface area contributed by atoms with Gasteiger partial charge in [-0.05, 0) is 60.7 Å². The van der Waals surface area contributed by atoms with Gasteiger partial charge < -0.3 is 10.0 Å². The fourth-order valence-corrected chi connectivity index (χ4v) is 8.34. The summed E-state index contributed by atoms with van der Waals surface area (Å²) in [6, 6.07) is 19.6. The Bertz CT molecular complexity index is 1520. The number of hydrogen-bond acceptors (Lipinski definition) is 5. The fraction of sp³-hybridized carbons (Fsp3) is 0.419. The standard InChI is InChI=1S/C31H35Cl2N3O4S/c1-3-26(20-35-15-6-16-41(35,39)40)36-29(21-11-13-23(32)14-12-21)27(22-7-4-8-24(33)17-22)19-31(2,30(36)38)18-25-9-5-10-28(37)34-25/h4-5,7-14,17,26-27,29H,3,6,15-16,18-20H2,1-2H3,(H,34,37)/t26-,27+,29+,31?/m0/s1. The molecular formula is C31H35Cl2N3O4S. The van der Waals surface area contributed by atoms with E-state index in [1.54, 1.807) is 6.07 Å². The molecule has 5 rings (SSSR count). The van der Waals surface area contributed by atoms with Gasteiger partial charge in [0.25, 0.3) is 0 Å². The summed E-state index contributed by atoms with van der Waals surface area (Å²) in [5.74, 6) is -0.185. The summed E-state index contributed by atoms with van der Waals surface area (Å²) in [6.45, 7) is 4.63. The summed E-state index contributed by atoms with van der Waals surface area (Å²) in [7, 11) is -3.37. The van der Waals surface area contributed by atoms with E-state index in [9.17, 15) is 18.3 Å². The highest BCUT2D eigenvalue weighted by molar-refractivity contribution is 7.89. The van der Waals surface area contributed by atoms with Gasteiger partial charge in [-0.1, -0.05) is 67.4 Å². The molecule has 10 heteroatoms. The Kier molecular flexibility index (Phi) is 8.67. The van der Waals surface area contributed by atoms with Gasteiger partial charge in [0.05, 0.1) is 17.2 Å². The predicted octanol–water partition coefficient (Wildman–Crippen LogP) is 6.21. The van der Waals surface area contributed by atoms with Crippen molar-refractivity contribution in [1.82, 2.24) is 14.2 Å². The van der Waals surface area contributed by atoms with Gasteiger partial charge in [0.1, 0.15) is 0 Å². The molecule has 0 radical (unpaired) electrons. The number of carbonyl (C=O) groups is 1. The number of amides is 1. The lowest BCUT2D eigenvalue weighted by atomic mass is 9.66. The van der Waals surface area contributed by atoms with E-state index in [0.717, 1.165) is 11.1 Å². The van der Waals surface area contributed by atoms with E-state index in [4.69, 9.17) is 23.2 Å². The lowest BCUT2D eigenvalue weighted by Crippen LogP contribution is -2.58. The SMILES string of the molecule is CC[C@@H](CN1CCCS1(=O)=O)N1C(=O)C(C)(Cc2cccc(O)n2)C[C@H](c2cccc(Cl)c2)[C@H]1c1ccc(Cl)cc1. The average Bonchev–Trinajstić information content (AvgIpc) is 3.26. The van der Waals surface area contributed by atoms with E-state index >= 15 is 0 Å². The maximum absolute atomic E-state index is 14.8. The lowest BCUT2D eigenvalue weighted by Gasteiger charge is -2.52. The van der Waals surface area contributed by atoms with Gasteiger partial charge in [-0.2, -0.15) is 4.31 Å². The first kappa shape index (κ1) is 29.8. The first-order valence-corrected chi connectivity index (χ1v) is 16.3. The monoisotopic (exact) mass is 615 g/mol. The van der Waals surface area contributed by atoms with E-state index in [-0.39, 0.29) is 42.1 Å². The van der Waals surface area contributed by atoms with Crippen molar-refractivity contribution < 1.29 is 18.3 Å². The summed E-state index contributed by atoms with van der Waals surface area (Å²) in [5, 5.41) is 11.3. The van der Waals surface area contributed by atoms with Gasteiger partial charge in [-0.25, -0.2) is 13.4 Å². The van der Waals surface area contributed by atoms with Crippen LogP contribution < -0.4 is 0 Å². The third-order valence-corrected chi connectivity index (χ3v) is 10.8. The minimum atomic E-state index is -3.37. The number of piperidine rings is 1. The van der Waals surface area contributed by atoms with Crippen molar-refractivity contribution in [2.24, 2.45) is 5.41 Å². The van der Waals surface area contributed by atoms with E-state index in [1.807, 2.05) is 73.3 Å². The quantitative estimate of drug-likeness (QED) is 0.325. The highest BCUT2D eigenvalue weighted by atomic mass is 35.5. The number of aromatic nitrogens is 1. The molecule has 218 valence electrons. The smallest absolute Gasteiger partial charge is 0.229 e. The minimum absolute atomic E-state index is 0.0654. The molecule has 1 unspecified atom stereocenters. The normalized spacial score (nSPS) is 25.4. The van der Waals surface area contributed by atoms with Crippen molar-refractivity contribution in [3.63, 3.8) is 0 Å². The van der Waals surface area contributed by atoms with Crippen molar-refractivity contribution in [3.8, 4) is 5.88 Å². The molecule has 2 aliphatic heterocycles. The number of likely N-dealkylation sites (tertiary alicyclic amines) is 1. The van der Waals surface area contributed by atoms with Crippen molar-refractivity contribution in [2.75, 3.05) is 18.8 Å². The number of pyridine rings is 1. The molecule has 3 heterocycles. The van der Waals surface area contributed by atoms with Crippen LogP contribution in [-0.4, -0.2) is 58.5 Å². The number of halogens is 2. The van der Waals surface area contributed by atoms with Gasteiger partial charge in [-0.3, -0.25) is 4.79 Å². The summed E-state index contributed by atoms with van der Waals surface area (Å²) in [4.78, 5) is 21.0. The molecular weight excluding hydrogens is 581 g/mol. The lowest BCUT2D eigenvalue weighted by molar-refractivity contribution is -0.155. The second-order valence-corrected chi connectivity index (χ2v) is 14.3. The van der Waals surface area contributed by atoms with Crippen LogP contribution in [0.1, 0.15) is 61.9 Å². The molecule has 2 saturated heterocycles. The molecule has 1 N–H and O–H groups in total. The average molecular weight is 617 g/mol. The maximum Gasteiger partial charge on any atom is 0.229 e. The largest absolute Gasteiger partial charge is 0.493 e. The number of sulfonamides is 1. The molecule has 1 amide bonds. The molecule has 1 aromatic heterocycles. The molecule has 0 aliphatic carbocycles. The molecule has 7 nitrogen and oxygen atoms in total. The zero-order valence-electron chi connectivity index (χ0n) is 23.2. The number of aromatic hydroxyl groups is 1. The second-order valence-electron chi connectivity index (χ2n) is 11.4. The van der Waals surface area contributed by atoms with E-state index < -0.39 is 15.4 Å². The van der Waals surface area contributed by atoms with Crippen LogP contribution in [0.4, 0.5) is 0 Å². The van der Waals surface area contributed by atoms with E-state index in [2.05, 4.69) is 4.98 Å². The molecule has 4 atom stereocenters. The number of benzene rings is 2. The Morgan fingerprint density at radius 3 is 2.41 bits per heavy atom. The van der Waals surface area contributed by atoms with E-state index in [1.165, 1.54) is 10.4 Å². The topological polar surface area (TPSA) is 90.8 Å². The van der Waals surface area contributed by atoms with Crippen LogP contribution in [0.2, 0.25) is 10.0 Å². The van der Waals surface area contributed by atoms with Crippen LogP contribution in [0.5, 0.6) is 5.88 Å². The Morgan fingerprint density at radius 1 is 1.05 bits per heavy atom. The Balaban J connectivity index is 1.66. The molecule has 0 saturated carbocycles. The molecule has 3 aromatic rings. The number of rotatable bonds is 8. The van der Waals surface area contributed by atoms with Crippen LogP contribution in [0, 0.1) is 5.41 Å². The summed E-state index contributed by atoms with van der Waals surface area (Å²) >= 11 is 12.8. The van der Waals surface area contributed by atoms with Gasteiger partial charge in [0.15, 0.2) is 0 Å². The van der Waals surface area contributed by atoms with Crippen LogP contribution in [-0.2, 0) is 21.2 Å². The van der Waals surface area contributed by atoms with Crippen LogP contribution in [0.25, 0.3) is 0 Å². The summed E-state index contributed by atoms with van der Waals surface area (Å²) in [6.07, 6.45) is 1.98. The Labute approximate surface area is 252 Å². The third kappa shape index (κ3) is 6.26. The number of carbonyl (C=O) groups excluding carboxylic acids is 1. The first-order valence-electron chi connectivity index (χ1n) is 14.0. The zero-order valence-corrected chi connectivity index (χ0v) is 25.5. The summed E-state index contributed by atoms with van der Waals surface area (Å²) in [5.41, 5.74) is 1.65. The van der Waals surface area contributed by atoms with Gasteiger partial charge in [0.2, 0.25) is 21.8 Å². The number of hydrogen-bond donors (Lipinski definition) is 1. The Hall–Kier alpha value is -2.65. The molecule has 0 bridgehead atoms. The maximum atomic E-state index is 14.8. The van der Waals surface area contributed by atoms with Crippen molar-refractivity contribution >= 4 is 39.1 Å². The van der Waals surface area contributed by atoms with Gasteiger partial charge >= 0.3 is 0 Å². The summed E-state index contributed by atoms with van der Waals surface area (Å²) < 4.78 is 27.2. The highest BCUT2D eigenvalue weighted by Crippen LogP contribution is 2.52. The van der Waals surface area contributed by atoms with Gasteiger partial charge in [-0.15, -0.1) is 0 Å².